The Balaban J connectivity index is 2.86. The number of non-ortho nitro benzene ring substituents is 1. The van der Waals surface area contributed by atoms with E-state index in [-0.39, 0.29) is 5.69 Å². The molecule has 0 aromatic heterocycles. The smallest absolute Gasteiger partial charge is 0.258 e. The molecule has 0 saturated heterocycles. The van der Waals surface area contributed by atoms with Crippen LogP contribution in [0.1, 0.15) is 0 Å². The summed E-state index contributed by atoms with van der Waals surface area (Å²) in [5, 5.41) is 17.1. The maximum Gasteiger partial charge on any atom is 0.277 e. The Morgan fingerprint density at radius 1 is 1.12 bits per heavy atom. The first-order valence-electron chi connectivity index (χ1n) is 4.43. The molecule has 0 fully saturated rings. The van der Waals surface area contributed by atoms with Crippen molar-refractivity contribution < 1.29 is 9.13 Å². The molecular formula is C10H8N2O3S. The second-order valence-electron chi connectivity index (χ2n) is 3.18. The van der Waals surface area contributed by atoms with E-state index in [9.17, 15) is 14.3 Å². The molecule has 2 rings (SSSR count). The highest BCUT2D eigenvalue weighted by Gasteiger charge is 2.13. The summed E-state index contributed by atoms with van der Waals surface area (Å²) in [6.07, 6.45) is 0. The first kappa shape index (κ1) is 10.7. The zero-order chi connectivity index (χ0) is 11.7. The van der Waals surface area contributed by atoms with Crippen molar-refractivity contribution in [2.45, 2.75) is 4.90 Å². The lowest BCUT2D eigenvalue weighted by molar-refractivity contribution is -0.383. The molecule has 0 aliphatic carbocycles. The van der Waals surface area contributed by atoms with Crippen LogP contribution in [-0.2, 0) is 11.0 Å². The summed E-state index contributed by atoms with van der Waals surface area (Å²) < 4.78 is 11.3. The molecule has 0 aliphatic heterocycles. The molecule has 6 heteroatoms. The van der Waals surface area contributed by atoms with Gasteiger partial charge in [0, 0.05) is 11.5 Å². The normalized spacial score (nSPS) is 12.6. The second-order valence-corrected chi connectivity index (χ2v) is 4.22. The predicted octanol–water partition coefficient (Wildman–Crippen LogP) is 1.73. The zero-order valence-corrected chi connectivity index (χ0v) is 8.94. The molecule has 0 saturated carbocycles. The van der Waals surface area contributed by atoms with Crippen LogP contribution in [0, 0.1) is 10.1 Å². The van der Waals surface area contributed by atoms with E-state index in [0.717, 1.165) is 0 Å². The van der Waals surface area contributed by atoms with Crippen LogP contribution in [0.4, 0.5) is 5.69 Å². The van der Waals surface area contributed by atoms with Crippen LogP contribution in [0.2, 0.25) is 0 Å². The van der Waals surface area contributed by atoms with Gasteiger partial charge in [-0.25, -0.2) is 9.35 Å². The molecule has 16 heavy (non-hydrogen) atoms. The van der Waals surface area contributed by atoms with Crippen LogP contribution < -0.4 is 5.14 Å². The van der Waals surface area contributed by atoms with Crippen molar-refractivity contribution in [3.63, 3.8) is 0 Å². The zero-order valence-electron chi connectivity index (χ0n) is 8.12. The average molecular weight is 236 g/mol. The Hall–Kier alpha value is -1.79. The first-order valence-corrected chi connectivity index (χ1v) is 5.65. The van der Waals surface area contributed by atoms with E-state index in [1.165, 1.54) is 6.07 Å². The fourth-order valence-electron chi connectivity index (χ4n) is 1.60. The van der Waals surface area contributed by atoms with Crippen LogP contribution in [0.25, 0.3) is 10.8 Å². The number of hydrogen-bond acceptors (Lipinski definition) is 3. The summed E-state index contributed by atoms with van der Waals surface area (Å²) in [6.45, 7) is 0. The van der Waals surface area contributed by atoms with Crippen LogP contribution >= 0.6 is 0 Å². The molecule has 5 nitrogen and oxygen atoms in total. The molecule has 2 aromatic rings. The molecule has 2 aromatic carbocycles. The average Bonchev–Trinajstić information content (AvgIpc) is 2.27. The van der Waals surface area contributed by atoms with Crippen molar-refractivity contribution >= 4 is 27.4 Å². The standard InChI is InChI=1S/C10H8N2O3S/c11-16(15)10-6-2-3-7-8(10)4-1-5-9(7)12(13)14/h1-6H,11H2. The van der Waals surface area contributed by atoms with E-state index in [4.69, 9.17) is 5.14 Å². The summed E-state index contributed by atoms with van der Waals surface area (Å²) in [4.78, 5) is 10.7. The molecule has 0 spiro atoms. The highest BCUT2D eigenvalue weighted by molar-refractivity contribution is 7.83. The van der Waals surface area contributed by atoms with E-state index >= 15 is 0 Å². The van der Waals surface area contributed by atoms with Gasteiger partial charge in [0.05, 0.1) is 15.2 Å². The Labute approximate surface area is 93.6 Å². The molecule has 2 N–H and O–H groups in total. The fraction of sp³-hybridized carbons (Fsp3) is 0. The third kappa shape index (κ3) is 1.68. The van der Waals surface area contributed by atoms with E-state index in [2.05, 4.69) is 0 Å². The fourth-order valence-corrected chi connectivity index (χ4v) is 2.21. The largest absolute Gasteiger partial charge is 0.277 e. The number of rotatable bonds is 2. The number of nitrogens with zero attached hydrogens (tertiary/aromatic N) is 1. The number of benzene rings is 2. The van der Waals surface area contributed by atoms with Gasteiger partial charge in [-0.05, 0) is 12.1 Å². The maximum absolute atomic E-state index is 11.3. The maximum atomic E-state index is 11.3. The summed E-state index contributed by atoms with van der Waals surface area (Å²) in [5.74, 6) is 0. The Kier molecular flexibility index (Phi) is 2.67. The number of hydrogen-bond donors (Lipinski definition) is 1. The molecule has 0 aliphatic rings. The molecule has 0 amide bonds. The molecule has 1 unspecified atom stereocenters. The van der Waals surface area contributed by atoms with E-state index in [1.54, 1.807) is 30.3 Å². The SMILES string of the molecule is NS(=O)c1cccc2c([N+](=O)[O-])cccc12. The molecule has 82 valence electrons. The number of fused-ring (bicyclic) bond motifs is 1. The first-order chi connectivity index (χ1) is 7.61. The van der Waals surface area contributed by atoms with E-state index < -0.39 is 15.9 Å². The van der Waals surface area contributed by atoms with Crippen molar-refractivity contribution in [3.05, 3.63) is 46.5 Å². The van der Waals surface area contributed by atoms with Gasteiger partial charge in [-0.2, -0.15) is 0 Å². The predicted molar refractivity (Wildman–Crippen MR) is 61.2 cm³/mol. The van der Waals surface area contributed by atoms with Gasteiger partial charge >= 0.3 is 0 Å². The van der Waals surface area contributed by atoms with Gasteiger partial charge < -0.3 is 0 Å². The van der Waals surface area contributed by atoms with Crippen LogP contribution in [0.5, 0.6) is 0 Å². The van der Waals surface area contributed by atoms with Crippen molar-refractivity contribution in [2.24, 2.45) is 5.14 Å². The van der Waals surface area contributed by atoms with Crippen molar-refractivity contribution in [1.29, 1.82) is 0 Å². The van der Waals surface area contributed by atoms with Gasteiger partial charge in [0.2, 0.25) is 0 Å². The van der Waals surface area contributed by atoms with E-state index in [1.807, 2.05) is 0 Å². The third-order valence-corrected chi connectivity index (χ3v) is 3.06. The Morgan fingerprint density at radius 2 is 1.75 bits per heavy atom. The van der Waals surface area contributed by atoms with Gasteiger partial charge in [-0.1, -0.05) is 18.2 Å². The lowest BCUT2D eigenvalue weighted by atomic mass is 10.1. The van der Waals surface area contributed by atoms with Crippen LogP contribution in [-0.4, -0.2) is 9.13 Å². The summed E-state index contributed by atoms with van der Waals surface area (Å²) >= 11 is 0. The van der Waals surface area contributed by atoms with Gasteiger partial charge in [-0.15, -0.1) is 0 Å². The highest BCUT2D eigenvalue weighted by Crippen LogP contribution is 2.28. The lowest BCUT2D eigenvalue weighted by Crippen LogP contribution is -2.03. The quantitative estimate of drug-likeness (QED) is 0.636. The molecular weight excluding hydrogens is 228 g/mol. The minimum Gasteiger partial charge on any atom is -0.258 e. The van der Waals surface area contributed by atoms with Crippen LogP contribution in [0.15, 0.2) is 41.3 Å². The van der Waals surface area contributed by atoms with Gasteiger partial charge in [0.15, 0.2) is 0 Å². The third-order valence-electron chi connectivity index (χ3n) is 2.27. The van der Waals surface area contributed by atoms with Crippen molar-refractivity contribution in [2.75, 3.05) is 0 Å². The molecule has 0 heterocycles. The minimum absolute atomic E-state index is 0.00944. The molecule has 0 radical (unpaired) electrons. The monoisotopic (exact) mass is 236 g/mol. The summed E-state index contributed by atoms with van der Waals surface area (Å²) in [5.41, 5.74) is -0.00944. The minimum atomic E-state index is -1.65. The number of nitrogens with two attached hydrogens (primary N) is 1. The van der Waals surface area contributed by atoms with Crippen molar-refractivity contribution in [1.82, 2.24) is 0 Å². The van der Waals surface area contributed by atoms with Crippen LogP contribution in [0.3, 0.4) is 0 Å². The highest BCUT2D eigenvalue weighted by atomic mass is 32.2. The topological polar surface area (TPSA) is 86.2 Å². The Bertz CT molecular complexity index is 544. The number of nitro groups is 1. The van der Waals surface area contributed by atoms with Crippen molar-refractivity contribution in [3.8, 4) is 0 Å². The second kappa shape index (κ2) is 3.99. The summed E-state index contributed by atoms with van der Waals surface area (Å²) in [6, 6.07) is 9.45. The molecule has 1 atom stereocenters. The number of nitro benzene ring substituents is 1. The lowest BCUT2D eigenvalue weighted by Gasteiger charge is -2.03. The van der Waals surface area contributed by atoms with Gasteiger partial charge in [-0.3, -0.25) is 10.1 Å². The summed E-state index contributed by atoms with van der Waals surface area (Å²) in [7, 11) is -1.65. The Morgan fingerprint density at radius 3 is 2.38 bits per heavy atom. The van der Waals surface area contributed by atoms with Gasteiger partial charge in [0.1, 0.15) is 11.0 Å². The van der Waals surface area contributed by atoms with E-state index in [0.29, 0.717) is 15.7 Å². The van der Waals surface area contributed by atoms with Gasteiger partial charge in [0.25, 0.3) is 5.69 Å². The molecule has 0 bridgehead atoms.